The fraction of sp³-hybridized carbons (Fsp3) is 0.222. The first-order chi connectivity index (χ1) is 12.8. The van der Waals surface area contributed by atoms with Gasteiger partial charge in [-0.1, -0.05) is 29.8 Å². The van der Waals surface area contributed by atoms with Crippen LogP contribution in [0.25, 0.3) is 0 Å². The number of hydrogen-bond donors (Lipinski definition) is 2. The molecule has 0 aromatic heterocycles. The van der Waals surface area contributed by atoms with Crippen LogP contribution >= 0.6 is 11.6 Å². The summed E-state index contributed by atoms with van der Waals surface area (Å²) in [6, 6.07) is 9.48. The predicted molar refractivity (Wildman–Crippen MR) is 101 cm³/mol. The number of anilines is 1. The molecule has 0 aliphatic rings. The zero-order chi connectivity index (χ0) is 20.0. The highest BCUT2D eigenvalue weighted by molar-refractivity contribution is 6.30. The van der Waals surface area contributed by atoms with Crippen molar-refractivity contribution in [3.63, 3.8) is 0 Å². The maximum absolute atomic E-state index is 12.0. The predicted octanol–water partition coefficient (Wildman–Crippen LogP) is 3.00. The summed E-state index contributed by atoms with van der Waals surface area (Å²) in [5.74, 6) is -1.06. The maximum atomic E-state index is 12.0. The Bertz CT molecular complexity index is 865. The second-order valence-electron chi connectivity index (χ2n) is 5.75. The number of ether oxygens (including phenoxy) is 1. The van der Waals surface area contributed by atoms with Gasteiger partial charge < -0.3 is 15.4 Å². The average molecular weight is 392 g/mol. The number of nitro groups is 1. The van der Waals surface area contributed by atoms with Gasteiger partial charge in [-0.2, -0.15) is 0 Å². The van der Waals surface area contributed by atoms with Crippen molar-refractivity contribution >= 4 is 34.8 Å². The molecule has 0 radical (unpaired) electrons. The van der Waals surface area contributed by atoms with Crippen LogP contribution in [0.1, 0.15) is 11.1 Å². The fourth-order valence-corrected chi connectivity index (χ4v) is 2.49. The Kier molecular flexibility index (Phi) is 6.73. The van der Waals surface area contributed by atoms with Gasteiger partial charge >= 0.3 is 5.69 Å². The summed E-state index contributed by atoms with van der Waals surface area (Å²) in [6.45, 7) is 3.01. The van der Waals surface area contributed by atoms with Crippen molar-refractivity contribution in [2.24, 2.45) is 0 Å². The number of nitrogens with one attached hydrogen (secondary N) is 2. The van der Waals surface area contributed by atoms with Crippen LogP contribution in [-0.4, -0.2) is 29.9 Å². The number of aryl methyl sites for hydroxylation is 2. The highest BCUT2D eigenvalue weighted by Gasteiger charge is 2.17. The van der Waals surface area contributed by atoms with Crippen molar-refractivity contribution in [3.8, 4) is 5.75 Å². The van der Waals surface area contributed by atoms with Crippen molar-refractivity contribution in [2.45, 2.75) is 13.8 Å². The second kappa shape index (κ2) is 9.00. The molecule has 0 saturated heterocycles. The molecule has 27 heavy (non-hydrogen) atoms. The van der Waals surface area contributed by atoms with E-state index in [9.17, 15) is 19.7 Å². The number of hydrogen-bond acceptors (Lipinski definition) is 5. The van der Waals surface area contributed by atoms with Crippen LogP contribution in [0.2, 0.25) is 5.02 Å². The van der Waals surface area contributed by atoms with Gasteiger partial charge in [0.25, 0.3) is 5.91 Å². The average Bonchev–Trinajstić information content (AvgIpc) is 2.62. The van der Waals surface area contributed by atoms with Gasteiger partial charge in [0.15, 0.2) is 12.4 Å². The lowest BCUT2D eigenvalue weighted by Crippen LogP contribution is -2.36. The Morgan fingerprint density at radius 1 is 1.15 bits per heavy atom. The summed E-state index contributed by atoms with van der Waals surface area (Å²) in [5, 5.41) is 16.3. The van der Waals surface area contributed by atoms with E-state index in [0.717, 1.165) is 17.2 Å². The number of benzene rings is 2. The molecule has 8 nitrogen and oxygen atoms in total. The third-order valence-electron chi connectivity index (χ3n) is 3.67. The second-order valence-corrected chi connectivity index (χ2v) is 6.19. The van der Waals surface area contributed by atoms with Gasteiger partial charge in [0.1, 0.15) is 0 Å². The van der Waals surface area contributed by atoms with Gasteiger partial charge in [0.2, 0.25) is 5.91 Å². The first-order valence-corrected chi connectivity index (χ1v) is 8.35. The van der Waals surface area contributed by atoms with E-state index in [-0.39, 0.29) is 23.0 Å². The highest BCUT2D eigenvalue weighted by Crippen LogP contribution is 2.29. The van der Waals surface area contributed by atoms with E-state index in [4.69, 9.17) is 16.3 Å². The zero-order valence-corrected chi connectivity index (χ0v) is 15.5. The van der Waals surface area contributed by atoms with E-state index < -0.39 is 23.3 Å². The van der Waals surface area contributed by atoms with Gasteiger partial charge in [0.05, 0.1) is 11.5 Å². The molecule has 0 spiro atoms. The number of nitrogens with zero attached hydrogens (tertiary/aromatic N) is 1. The Morgan fingerprint density at radius 2 is 1.81 bits per heavy atom. The fourth-order valence-electron chi connectivity index (χ4n) is 2.32. The van der Waals surface area contributed by atoms with Crippen molar-refractivity contribution in [1.29, 1.82) is 0 Å². The SMILES string of the molecule is Cc1cccc(C)c1NC(=O)CNC(=O)COc1ccc(Cl)cc1[N+](=O)[O-]. The van der Waals surface area contributed by atoms with Crippen LogP contribution in [0.15, 0.2) is 36.4 Å². The quantitative estimate of drug-likeness (QED) is 0.556. The number of amides is 2. The molecule has 2 rings (SSSR count). The summed E-state index contributed by atoms with van der Waals surface area (Å²) in [6.07, 6.45) is 0. The molecule has 0 aliphatic carbocycles. The van der Waals surface area contributed by atoms with Crippen molar-refractivity contribution < 1.29 is 19.2 Å². The Hall–Kier alpha value is -3.13. The number of halogens is 1. The summed E-state index contributed by atoms with van der Waals surface area (Å²) in [7, 11) is 0. The van der Waals surface area contributed by atoms with E-state index in [2.05, 4.69) is 10.6 Å². The number of rotatable bonds is 7. The molecule has 2 aromatic carbocycles. The lowest BCUT2D eigenvalue weighted by Gasteiger charge is -2.12. The summed E-state index contributed by atoms with van der Waals surface area (Å²) >= 11 is 5.71. The minimum Gasteiger partial charge on any atom is -0.477 e. The van der Waals surface area contributed by atoms with E-state index >= 15 is 0 Å². The number of carbonyl (C=O) groups excluding carboxylic acids is 2. The molecule has 2 aromatic rings. The molecule has 0 unspecified atom stereocenters. The molecule has 0 fully saturated rings. The minimum atomic E-state index is -0.656. The van der Waals surface area contributed by atoms with Crippen LogP contribution in [0.5, 0.6) is 5.75 Å². The van der Waals surface area contributed by atoms with Crippen LogP contribution in [-0.2, 0) is 9.59 Å². The molecule has 0 atom stereocenters. The minimum absolute atomic E-state index is 0.0838. The molecule has 2 N–H and O–H groups in total. The molecule has 0 saturated carbocycles. The largest absolute Gasteiger partial charge is 0.477 e. The van der Waals surface area contributed by atoms with E-state index in [0.29, 0.717) is 5.69 Å². The number of nitro benzene ring substituents is 1. The third-order valence-corrected chi connectivity index (χ3v) is 3.90. The Labute approximate surface area is 160 Å². The highest BCUT2D eigenvalue weighted by atomic mass is 35.5. The molecule has 142 valence electrons. The third kappa shape index (κ3) is 5.68. The lowest BCUT2D eigenvalue weighted by molar-refractivity contribution is -0.385. The Balaban J connectivity index is 1.86. The first kappa shape index (κ1) is 20.2. The maximum Gasteiger partial charge on any atom is 0.312 e. The molecular formula is C18H18ClN3O5. The van der Waals surface area contributed by atoms with Gasteiger partial charge in [-0.05, 0) is 37.1 Å². The van der Waals surface area contributed by atoms with Crippen LogP contribution in [0, 0.1) is 24.0 Å². The molecule has 0 aliphatic heterocycles. The molecular weight excluding hydrogens is 374 g/mol. The number of para-hydroxylation sites is 1. The topological polar surface area (TPSA) is 111 Å². The summed E-state index contributed by atoms with van der Waals surface area (Å²) in [4.78, 5) is 34.2. The molecule has 9 heteroatoms. The zero-order valence-electron chi connectivity index (χ0n) is 14.7. The van der Waals surface area contributed by atoms with Crippen LogP contribution in [0.4, 0.5) is 11.4 Å². The van der Waals surface area contributed by atoms with Crippen molar-refractivity contribution in [1.82, 2.24) is 5.32 Å². The van der Waals surface area contributed by atoms with E-state index in [1.54, 1.807) is 0 Å². The number of carbonyl (C=O) groups is 2. The lowest BCUT2D eigenvalue weighted by atomic mass is 10.1. The van der Waals surface area contributed by atoms with Gasteiger partial charge in [-0.3, -0.25) is 19.7 Å². The first-order valence-electron chi connectivity index (χ1n) is 7.97. The van der Waals surface area contributed by atoms with Crippen LogP contribution < -0.4 is 15.4 Å². The van der Waals surface area contributed by atoms with Gasteiger partial charge in [0, 0.05) is 16.8 Å². The normalized spacial score (nSPS) is 10.2. The van der Waals surface area contributed by atoms with Gasteiger partial charge in [-0.25, -0.2) is 0 Å². The Morgan fingerprint density at radius 3 is 2.44 bits per heavy atom. The summed E-state index contributed by atoms with van der Waals surface area (Å²) < 4.78 is 5.16. The van der Waals surface area contributed by atoms with Crippen LogP contribution in [0.3, 0.4) is 0 Å². The molecule has 0 bridgehead atoms. The smallest absolute Gasteiger partial charge is 0.312 e. The van der Waals surface area contributed by atoms with Crippen molar-refractivity contribution in [2.75, 3.05) is 18.5 Å². The molecule has 0 heterocycles. The molecule has 2 amide bonds. The van der Waals surface area contributed by atoms with Crippen molar-refractivity contribution in [3.05, 3.63) is 62.7 Å². The monoisotopic (exact) mass is 391 g/mol. The summed E-state index contributed by atoms with van der Waals surface area (Å²) in [5.41, 5.74) is 2.17. The van der Waals surface area contributed by atoms with Gasteiger partial charge in [-0.15, -0.1) is 0 Å². The standard InChI is InChI=1S/C18H18ClN3O5/c1-11-4-3-5-12(2)18(11)21-16(23)9-20-17(24)10-27-15-7-6-13(19)8-14(15)22(25)26/h3-8H,9-10H2,1-2H3,(H,20,24)(H,21,23). The van der Waals surface area contributed by atoms with E-state index in [1.807, 2.05) is 32.0 Å². The van der Waals surface area contributed by atoms with E-state index in [1.165, 1.54) is 12.1 Å².